The Morgan fingerprint density at radius 2 is 1.86 bits per heavy atom. The van der Waals surface area contributed by atoms with Crippen molar-refractivity contribution in [1.82, 2.24) is 9.97 Å². The van der Waals surface area contributed by atoms with Gasteiger partial charge in [0.15, 0.2) is 11.0 Å². The molecule has 4 nitrogen and oxygen atoms in total. The SMILES string of the molecule is CC1=C(c2ccc(N)cc2)CN(c2nccnc2Cl)CC1. The summed E-state index contributed by atoms with van der Waals surface area (Å²) in [6.07, 6.45) is 4.28. The molecule has 3 rings (SSSR count). The molecule has 0 saturated heterocycles. The van der Waals surface area contributed by atoms with E-state index in [-0.39, 0.29) is 0 Å². The fraction of sp³-hybridized carbons (Fsp3) is 0.250. The van der Waals surface area contributed by atoms with E-state index in [0.29, 0.717) is 5.15 Å². The Kier molecular flexibility index (Phi) is 3.80. The van der Waals surface area contributed by atoms with Crippen LogP contribution >= 0.6 is 11.6 Å². The van der Waals surface area contributed by atoms with E-state index < -0.39 is 0 Å². The summed E-state index contributed by atoms with van der Waals surface area (Å²) in [4.78, 5) is 10.6. The fourth-order valence-corrected chi connectivity index (χ4v) is 2.81. The maximum atomic E-state index is 6.16. The van der Waals surface area contributed by atoms with Gasteiger partial charge in [0.05, 0.1) is 0 Å². The molecule has 0 unspecified atom stereocenters. The third-order valence-corrected chi connectivity index (χ3v) is 4.08. The van der Waals surface area contributed by atoms with Gasteiger partial charge in [-0.1, -0.05) is 29.3 Å². The van der Waals surface area contributed by atoms with Crippen LogP contribution in [0.5, 0.6) is 0 Å². The molecule has 1 aromatic heterocycles. The van der Waals surface area contributed by atoms with Crippen LogP contribution in [-0.2, 0) is 0 Å². The monoisotopic (exact) mass is 300 g/mol. The average molecular weight is 301 g/mol. The average Bonchev–Trinajstić information content (AvgIpc) is 2.50. The van der Waals surface area contributed by atoms with Gasteiger partial charge in [-0.25, -0.2) is 9.97 Å². The summed E-state index contributed by atoms with van der Waals surface area (Å²) < 4.78 is 0. The molecule has 2 heterocycles. The number of nitrogens with two attached hydrogens (primary N) is 1. The summed E-state index contributed by atoms with van der Waals surface area (Å²) in [7, 11) is 0. The highest BCUT2D eigenvalue weighted by Crippen LogP contribution is 2.31. The minimum absolute atomic E-state index is 0.453. The maximum Gasteiger partial charge on any atom is 0.171 e. The molecule has 2 aromatic rings. The molecule has 0 bridgehead atoms. The van der Waals surface area contributed by atoms with Crippen LogP contribution < -0.4 is 10.6 Å². The van der Waals surface area contributed by atoms with E-state index in [2.05, 4.69) is 33.9 Å². The second-order valence-electron chi connectivity index (χ2n) is 5.22. The van der Waals surface area contributed by atoms with Crippen LogP contribution in [-0.4, -0.2) is 23.1 Å². The normalized spacial score (nSPS) is 15.4. The van der Waals surface area contributed by atoms with Gasteiger partial charge in [-0.05, 0) is 36.6 Å². The number of hydrogen-bond acceptors (Lipinski definition) is 4. The maximum absolute atomic E-state index is 6.16. The molecule has 108 valence electrons. The van der Waals surface area contributed by atoms with Gasteiger partial charge in [-0.2, -0.15) is 0 Å². The smallest absolute Gasteiger partial charge is 0.171 e. The van der Waals surface area contributed by atoms with Crippen molar-refractivity contribution in [3.63, 3.8) is 0 Å². The predicted molar refractivity (Wildman–Crippen MR) is 87.3 cm³/mol. The molecule has 21 heavy (non-hydrogen) atoms. The Morgan fingerprint density at radius 1 is 1.14 bits per heavy atom. The van der Waals surface area contributed by atoms with Crippen molar-refractivity contribution in [3.8, 4) is 0 Å². The molecule has 0 radical (unpaired) electrons. The zero-order valence-corrected chi connectivity index (χ0v) is 12.6. The summed E-state index contributed by atoms with van der Waals surface area (Å²) >= 11 is 6.16. The first-order valence-corrected chi connectivity index (χ1v) is 7.29. The topological polar surface area (TPSA) is 55.0 Å². The van der Waals surface area contributed by atoms with Gasteiger partial charge in [0, 0.05) is 31.2 Å². The van der Waals surface area contributed by atoms with E-state index >= 15 is 0 Å². The molecular formula is C16H17ClN4. The number of halogens is 1. The summed E-state index contributed by atoms with van der Waals surface area (Å²) in [6, 6.07) is 8.00. The lowest BCUT2D eigenvalue weighted by Crippen LogP contribution is -2.31. The van der Waals surface area contributed by atoms with E-state index in [1.54, 1.807) is 12.4 Å². The molecule has 0 saturated carbocycles. The lowest BCUT2D eigenvalue weighted by molar-refractivity contribution is 0.783. The fourth-order valence-electron chi connectivity index (χ4n) is 2.59. The second-order valence-corrected chi connectivity index (χ2v) is 5.58. The number of aromatic nitrogens is 2. The van der Waals surface area contributed by atoms with Crippen LogP contribution in [0.2, 0.25) is 5.15 Å². The van der Waals surface area contributed by atoms with E-state index in [1.807, 2.05) is 12.1 Å². The van der Waals surface area contributed by atoms with Crippen molar-refractivity contribution in [2.45, 2.75) is 13.3 Å². The third kappa shape index (κ3) is 2.85. The summed E-state index contributed by atoms with van der Waals surface area (Å²) in [6.45, 7) is 3.87. The van der Waals surface area contributed by atoms with Crippen molar-refractivity contribution >= 4 is 28.7 Å². The van der Waals surface area contributed by atoms with Crippen LogP contribution in [0, 0.1) is 0 Å². The van der Waals surface area contributed by atoms with Gasteiger partial charge in [0.1, 0.15) is 0 Å². The second kappa shape index (κ2) is 5.74. The highest BCUT2D eigenvalue weighted by Gasteiger charge is 2.21. The van der Waals surface area contributed by atoms with Gasteiger partial charge in [-0.3, -0.25) is 0 Å². The molecule has 1 aliphatic heterocycles. The quantitative estimate of drug-likeness (QED) is 0.864. The molecule has 0 spiro atoms. The molecule has 1 aliphatic rings. The lowest BCUT2D eigenvalue weighted by atomic mass is 9.95. The van der Waals surface area contributed by atoms with Gasteiger partial charge in [0.25, 0.3) is 0 Å². The first-order valence-electron chi connectivity index (χ1n) is 6.91. The molecule has 1 aromatic carbocycles. The largest absolute Gasteiger partial charge is 0.399 e. The standard InChI is InChI=1S/C16H17ClN4/c1-11-6-9-21(16-15(17)19-7-8-20-16)10-14(11)12-2-4-13(18)5-3-12/h2-5,7-8H,6,9-10,18H2,1H3. The predicted octanol–water partition coefficient (Wildman–Crippen LogP) is 3.40. The minimum Gasteiger partial charge on any atom is -0.399 e. The van der Waals surface area contributed by atoms with Gasteiger partial charge in [-0.15, -0.1) is 0 Å². The Balaban J connectivity index is 1.91. The highest BCUT2D eigenvalue weighted by molar-refractivity contribution is 6.31. The van der Waals surface area contributed by atoms with Crippen LogP contribution in [0.4, 0.5) is 11.5 Å². The molecule has 0 fully saturated rings. The van der Waals surface area contributed by atoms with E-state index in [9.17, 15) is 0 Å². The van der Waals surface area contributed by atoms with Gasteiger partial charge >= 0.3 is 0 Å². The third-order valence-electron chi connectivity index (χ3n) is 3.82. The van der Waals surface area contributed by atoms with Crippen molar-refractivity contribution in [1.29, 1.82) is 0 Å². The van der Waals surface area contributed by atoms with E-state index in [0.717, 1.165) is 31.0 Å². The Bertz CT molecular complexity index is 679. The number of nitrogen functional groups attached to an aromatic ring is 1. The zero-order valence-electron chi connectivity index (χ0n) is 11.9. The van der Waals surface area contributed by atoms with Crippen LogP contribution in [0.1, 0.15) is 18.9 Å². The summed E-state index contributed by atoms with van der Waals surface area (Å²) in [5, 5.41) is 0.453. The Labute approximate surface area is 129 Å². The highest BCUT2D eigenvalue weighted by atomic mass is 35.5. The number of rotatable bonds is 2. The number of benzene rings is 1. The molecule has 0 atom stereocenters. The van der Waals surface area contributed by atoms with Crippen molar-refractivity contribution in [2.24, 2.45) is 0 Å². The molecule has 5 heteroatoms. The molecular weight excluding hydrogens is 284 g/mol. The van der Waals surface area contributed by atoms with Crippen molar-refractivity contribution in [3.05, 3.63) is 52.9 Å². The lowest BCUT2D eigenvalue weighted by Gasteiger charge is -2.31. The van der Waals surface area contributed by atoms with Crippen LogP contribution in [0.15, 0.2) is 42.2 Å². The Hall–Kier alpha value is -2.07. The van der Waals surface area contributed by atoms with Crippen molar-refractivity contribution < 1.29 is 0 Å². The van der Waals surface area contributed by atoms with Gasteiger partial charge < -0.3 is 10.6 Å². The molecule has 0 amide bonds. The Morgan fingerprint density at radius 3 is 2.57 bits per heavy atom. The summed E-state index contributed by atoms with van der Waals surface area (Å²) in [5.41, 5.74) is 10.5. The number of anilines is 2. The zero-order chi connectivity index (χ0) is 14.8. The first kappa shape index (κ1) is 13.9. The molecule has 2 N–H and O–H groups in total. The minimum atomic E-state index is 0.453. The van der Waals surface area contributed by atoms with Crippen LogP contribution in [0.25, 0.3) is 5.57 Å². The van der Waals surface area contributed by atoms with E-state index in [1.165, 1.54) is 16.7 Å². The number of hydrogen-bond donors (Lipinski definition) is 1. The van der Waals surface area contributed by atoms with Crippen molar-refractivity contribution in [2.75, 3.05) is 23.7 Å². The number of nitrogens with zero attached hydrogens (tertiary/aromatic N) is 3. The van der Waals surface area contributed by atoms with Gasteiger partial charge in [0.2, 0.25) is 0 Å². The van der Waals surface area contributed by atoms with Crippen LogP contribution in [0.3, 0.4) is 0 Å². The summed E-state index contributed by atoms with van der Waals surface area (Å²) in [5.74, 6) is 0.750. The first-order chi connectivity index (χ1) is 10.1. The van der Waals surface area contributed by atoms with E-state index in [4.69, 9.17) is 17.3 Å². The molecule has 0 aliphatic carbocycles.